The Morgan fingerprint density at radius 1 is 1.31 bits per heavy atom. The minimum absolute atomic E-state index is 0.208. The summed E-state index contributed by atoms with van der Waals surface area (Å²) in [5, 5.41) is 28.2. The van der Waals surface area contributed by atoms with Gasteiger partial charge in [0.15, 0.2) is 11.5 Å². The van der Waals surface area contributed by atoms with Gasteiger partial charge < -0.3 is 15.3 Å². The van der Waals surface area contributed by atoms with Crippen LogP contribution in [0.25, 0.3) is 0 Å². The quantitative estimate of drug-likeness (QED) is 0.748. The van der Waals surface area contributed by atoms with Crippen molar-refractivity contribution in [3.05, 3.63) is 21.2 Å². The van der Waals surface area contributed by atoms with Crippen molar-refractivity contribution in [2.24, 2.45) is 0 Å². The smallest absolute Gasteiger partial charge is 0.339 e. The largest absolute Gasteiger partial charge is 0.504 e. The number of hydrogen-bond donors (Lipinski definition) is 3. The number of hydrogen-bond acceptors (Lipinski definition) is 3. The third-order valence-corrected chi connectivity index (χ3v) is 3.44. The fourth-order valence-corrected chi connectivity index (χ4v) is 2.08. The lowest BCUT2D eigenvalue weighted by Gasteiger charge is -2.14. The Morgan fingerprint density at radius 2 is 1.88 bits per heavy atom. The highest BCUT2D eigenvalue weighted by Crippen LogP contribution is 2.41. The first kappa shape index (κ1) is 12.8. The predicted molar refractivity (Wildman–Crippen MR) is 63.2 cm³/mol. The van der Waals surface area contributed by atoms with Gasteiger partial charge in [0.1, 0.15) is 5.56 Å². The van der Waals surface area contributed by atoms with Crippen LogP contribution in [0.15, 0.2) is 4.47 Å². The molecule has 88 valence electrons. The lowest BCUT2D eigenvalue weighted by molar-refractivity contribution is 0.0691. The van der Waals surface area contributed by atoms with Crippen LogP contribution in [0.5, 0.6) is 11.5 Å². The van der Waals surface area contributed by atoms with E-state index in [-0.39, 0.29) is 5.56 Å². The summed E-state index contributed by atoms with van der Waals surface area (Å²) in [6.07, 6.45) is 1.30. The van der Waals surface area contributed by atoms with Crippen LogP contribution >= 0.6 is 15.9 Å². The maximum atomic E-state index is 11.0. The topological polar surface area (TPSA) is 77.8 Å². The highest BCUT2D eigenvalue weighted by atomic mass is 79.9. The summed E-state index contributed by atoms with van der Waals surface area (Å²) in [6.45, 7) is 3.63. The van der Waals surface area contributed by atoms with E-state index in [1.54, 1.807) is 6.92 Å². The maximum absolute atomic E-state index is 11.0. The average Bonchev–Trinajstić information content (AvgIpc) is 2.23. The zero-order chi connectivity index (χ0) is 12.5. The normalized spacial score (nSPS) is 10.4. The van der Waals surface area contributed by atoms with Crippen molar-refractivity contribution < 1.29 is 20.1 Å². The fraction of sp³-hybridized carbons (Fsp3) is 0.364. The number of carbonyl (C=O) groups is 1. The number of benzene rings is 1. The Hall–Kier alpha value is -1.23. The van der Waals surface area contributed by atoms with E-state index >= 15 is 0 Å². The molecule has 0 atom stereocenters. The van der Waals surface area contributed by atoms with Gasteiger partial charge >= 0.3 is 5.97 Å². The minimum Gasteiger partial charge on any atom is -0.504 e. The molecule has 0 aromatic heterocycles. The Kier molecular flexibility index (Phi) is 3.80. The Bertz CT molecular complexity index is 440. The van der Waals surface area contributed by atoms with Crippen molar-refractivity contribution in [1.82, 2.24) is 0 Å². The molecule has 5 heteroatoms. The first-order valence-electron chi connectivity index (χ1n) is 4.87. The molecule has 0 heterocycles. The molecule has 0 unspecified atom stereocenters. The van der Waals surface area contributed by atoms with E-state index in [1.165, 1.54) is 0 Å². The van der Waals surface area contributed by atoms with E-state index in [9.17, 15) is 15.0 Å². The van der Waals surface area contributed by atoms with Gasteiger partial charge in [-0.3, -0.25) is 0 Å². The fourth-order valence-electron chi connectivity index (χ4n) is 1.66. The van der Waals surface area contributed by atoms with E-state index in [4.69, 9.17) is 5.11 Å². The van der Waals surface area contributed by atoms with Crippen LogP contribution in [-0.4, -0.2) is 21.3 Å². The monoisotopic (exact) mass is 288 g/mol. The lowest BCUT2D eigenvalue weighted by Crippen LogP contribution is -2.06. The predicted octanol–water partition coefficient (Wildman–Crippen LogP) is 2.82. The van der Waals surface area contributed by atoms with Crippen LogP contribution in [0, 0.1) is 6.92 Å². The molecule has 0 saturated carbocycles. The first-order valence-corrected chi connectivity index (χ1v) is 5.67. The number of aromatic hydroxyl groups is 2. The van der Waals surface area contributed by atoms with Gasteiger partial charge in [0.2, 0.25) is 0 Å². The van der Waals surface area contributed by atoms with Gasteiger partial charge in [-0.25, -0.2) is 4.79 Å². The molecule has 0 aliphatic carbocycles. The molecule has 16 heavy (non-hydrogen) atoms. The van der Waals surface area contributed by atoms with Crippen LogP contribution in [0.1, 0.15) is 34.8 Å². The van der Waals surface area contributed by atoms with E-state index in [1.807, 2.05) is 6.92 Å². The summed E-state index contributed by atoms with van der Waals surface area (Å²) in [5.74, 6) is -2.23. The first-order chi connectivity index (χ1) is 7.41. The molecule has 3 N–H and O–H groups in total. The lowest BCUT2D eigenvalue weighted by atomic mass is 9.96. The molecule has 0 amide bonds. The summed E-state index contributed by atoms with van der Waals surface area (Å²) in [7, 11) is 0. The molecule has 1 rings (SSSR count). The van der Waals surface area contributed by atoms with Crippen molar-refractivity contribution in [1.29, 1.82) is 0 Å². The second-order valence-corrected chi connectivity index (χ2v) is 4.34. The van der Waals surface area contributed by atoms with Gasteiger partial charge in [-0.2, -0.15) is 0 Å². The van der Waals surface area contributed by atoms with E-state index < -0.39 is 17.5 Å². The summed E-state index contributed by atoms with van der Waals surface area (Å²) >= 11 is 3.13. The number of phenolic OH excluding ortho intramolecular Hbond substituents is 1. The third kappa shape index (κ3) is 2.00. The molecular weight excluding hydrogens is 276 g/mol. The zero-order valence-electron chi connectivity index (χ0n) is 9.04. The molecular formula is C11H13BrO4. The summed E-state index contributed by atoms with van der Waals surface area (Å²) < 4.78 is 0.346. The van der Waals surface area contributed by atoms with Crippen LogP contribution in [0.4, 0.5) is 0 Å². The number of phenols is 2. The van der Waals surface area contributed by atoms with Crippen molar-refractivity contribution in [3.8, 4) is 11.5 Å². The second-order valence-electron chi connectivity index (χ2n) is 3.54. The van der Waals surface area contributed by atoms with Gasteiger partial charge in [0, 0.05) is 0 Å². The van der Waals surface area contributed by atoms with E-state index in [0.717, 1.165) is 6.42 Å². The van der Waals surface area contributed by atoms with Crippen LogP contribution in [0.2, 0.25) is 0 Å². The highest BCUT2D eigenvalue weighted by molar-refractivity contribution is 9.10. The zero-order valence-corrected chi connectivity index (χ0v) is 10.6. The van der Waals surface area contributed by atoms with Crippen molar-refractivity contribution in [2.45, 2.75) is 26.7 Å². The van der Waals surface area contributed by atoms with Gasteiger partial charge in [-0.05, 0) is 40.4 Å². The van der Waals surface area contributed by atoms with Gasteiger partial charge in [0.05, 0.1) is 4.47 Å². The number of carboxylic acid groups (broad SMARTS) is 1. The molecule has 1 aromatic rings. The van der Waals surface area contributed by atoms with E-state index in [0.29, 0.717) is 22.0 Å². The molecule has 0 bridgehead atoms. The Labute approximate surface area is 102 Å². The SMILES string of the molecule is CCCc1c(C)c(Br)c(O)c(O)c1C(=O)O. The van der Waals surface area contributed by atoms with Crippen LogP contribution in [0.3, 0.4) is 0 Å². The van der Waals surface area contributed by atoms with Gasteiger partial charge in [-0.15, -0.1) is 0 Å². The van der Waals surface area contributed by atoms with Crippen LogP contribution < -0.4 is 0 Å². The summed E-state index contributed by atoms with van der Waals surface area (Å²) in [6, 6.07) is 0. The Morgan fingerprint density at radius 3 is 2.31 bits per heavy atom. The van der Waals surface area contributed by atoms with Crippen molar-refractivity contribution in [3.63, 3.8) is 0 Å². The molecule has 0 fully saturated rings. The number of carboxylic acids is 1. The van der Waals surface area contributed by atoms with E-state index in [2.05, 4.69) is 15.9 Å². The number of aromatic carboxylic acids is 1. The highest BCUT2D eigenvalue weighted by Gasteiger charge is 2.23. The molecule has 0 radical (unpaired) electrons. The summed E-state index contributed by atoms with van der Waals surface area (Å²) in [5.41, 5.74) is 0.992. The Balaban J connectivity index is 3.61. The number of rotatable bonds is 3. The molecule has 0 aliphatic heterocycles. The molecule has 1 aromatic carbocycles. The van der Waals surface area contributed by atoms with Crippen LogP contribution in [-0.2, 0) is 6.42 Å². The van der Waals surface area contributed by atoms with Crippen molar-refractivity contribution in [2.75, 3.05) is 0 Å². The molecule has 0 aliphatic rings. The molecule has 0 spiro atoms. The second kappa shape index (κ2) is 4.74. The molecule has 4 nitrogen and oxygen atoms in total. The maximum Gasteiger partial charge on any atom is 0.339 e. The summed E-state index contributed by atoms with van der Waals surface area (Å²) in [4.78, 5) is 11.0. The standard InChI is InChI=1S/C11H13BrO4/c1-3-4-6-5(2)8(12)10(14)9(13)7(6)11(15)16/h13-14H,3-4H2,1-2H3,(H,15,16). The van der Waals surface area contributed by atoms with Crippen molar-refractivity contribution >= 4 is 21.9 Å². The molecule has 0 saturated heterocycles. The average molecular weight is 289 g/mol. The third-order valence-electron chi connectivity index (χ3n) is 2.47. The minimum atomic E-state index is -1.23. The number of halogens is 1. The van der Waals surface area contributed by atoms with Gasteiger partial charge in [-0.1, -0.05) is 13.3 Å². The van der Waals surface area contributed by atoms with Gasteiger partial charge in [0.25, 0.3) is 0 Å².